The van der Waals surface area contributed by atoms with Gasteiger partial charge in [-0.15, -0.1) is 0 Å². The Morgan fingerprint density at radius 3 is 2.44 bits per heavy atom. The van der Waals surface area contributed by atoms with Gasteiger partial charge in [0.25, 0.3) is 0 Å². The molecule has 18 heavy (non-hydrogen) atoms. The molecule has 0 radical (unpaired) electrons. The van der Waals surface area contributed by atoms with Crippen LogP contribution >= 0.6 is 0 Å². The van der Waals surface area contributed by atoms with Gasteiger partial charge in [-0.25, -0.2) is 4.98 Å². The van der Waals surface area contributed by atoms with Crippen LogP contribution < -0.4 is 10.6 Å². The predicted octanol–water partition coefficient (Wildman–Crippen LogP) is 3.18. The van der Waals surface area contributed by atoms with E-state index in [1.54, 1.807) is 0 Å². The zero-order valence-corrected chi connectivity index (χ0v) is 11.1. The van der Waals surface area contributed by atoms with E-state index in [0.29, 0.717) is 0 Å². The summed E-state index contributed by atoms with van der Waals surface area (Å²) in [6.45, 7) is 4.03. The number of rotatable bonds is 3. The number of para-hydroxylation sites is 1. The zero-order valence-electron chi connectivity index (χ0n) is 11.1. The van der Waals surface area contributed by atoms with E-state index >= 15 is 0 Å². The fourth-order valence-electron chi connectivity index (χ4n) is 1.96. The molecule has 1 atom stereocenters. The highest BCUT2D eigenvalue weighted by atomic mass is 15.2. The average Bonchev–Trinajstić information content (AvgIpc) is 2.38. The van der Waals surface area contributed by atoms with Gasteiger partial charge >= 0.3 is 0 Å². The van der Waals surface area contributed by atoms with E-state index in [0.717, 1.165) is 22.6 Å². The van der Waals surface area contributed by atoms with Gasteiger partial charge in [0, 0.05) is 25.0 Å². The van der Waals surface area contributed by atoms with Gasteiger partial charge in [-0.3, -0.25) is 0 Å². The molecule has 1 heterocycles. The van der Waals surface area contributed by atoms with Crippen LogP contribution in [0.4, 0.5) is 11.5 Å². The highest BCUT2D eigenvalue weighted by molar-refractivity contribution is 5.61. The van der Waals surface area contributed by atoms with Crippen molar-refractivity contribution in [2.75, 3.05) is 11.9 Å². The van der Waals surface area contributed by atoms with E-state index in [9.17, 15) is 0 Å². The summed E-state index contributed by atoms with van der Waals surface area (Å²) in [6.07, 6.45) is 1.85. The second kappa shape index (κ2) is 5.19. The fraction of sp³-hybridized carbons (Fsp3) is 0.267. The summed E-state index contributed by atoms with van der Waals surface area (Å²) >= 11 is 0. The van der Waals surface area contributed by atoms with Crippen LogP contribution in [0.3, 0.4) is 0 Å². The van der Waals surface area contributed by atoms with Crippen molar-refractivity contribution in [3.8, 4) is 0 Å². The van der Waals surface area contributed by atoms with Gasteiger partial charge in [0.2, 0.25) is 0 Å². The quantitative estimate of drug-likeness (QED) is 0.897. The second-order valence-electron chi connectivity index (χ2n) is 4.59. The largest absolute Gasteiger partial charge is 0.329 e. The number of nitrogens with two attached hydrogens (primary N) is 1. The summed E-state index contributed by atoms with van der Waals surface area (Å²) in [5.74, 6) is 0.964. The molecule has 0 aliphatic rings. The van der Waals surface area contributed by atoms with Crippen LogP contribution in [0.15, 0.2) is 42.6 Å². The summed E-state index contributed by atoms with van der Waals surface area (Å²) in [5.41, 5.74) is 9.20. The minimum Gasteiger partial charge on any atom is -0.329 e. The lowest BCUT2D eigenvalue weighted by Gasteiger charge is -2.21. The van der Waals surface area contributed by atoms with Gasteiger partial charge in [0.15, 0.2) is 0 Å². The smallest absolute Gasteiger partial charge is 0.135 e. The van der Waals surface area contributed by atoms with Gasteiger partial charge in [0.05, 0.1) is 0 Å². The molecule has 3 nitrogen and oxygen atoms in total. The molecule has 0 fully saturated rings. The first-order chi connectivity index (χ1) is 8.59. The van der Waals surface area contributed by atoms with Crippen molar-refractivity contribution in [1.82, 2.24) is 4.98 Å². The van der Waals surface area contributed by atoms with Crippen molar-refractivity contribution in [2.45, 2.75) is 19.9 Å². The monoisotopic (exact) mass is 241 g/mol. The molecular weight excluding hydrogens is 222 g/mol. The fourth-order valence-corrected chi connectivity index (χ4v) is 1.96. The molecule has 94 valence electrons. The van der Waals surface area contributed by atoms with Crippen LogP contribution in [-0.2, 0) is 0 Å². The lowest BCUT2D eigenvalue weighted by Crippen LogP contribution is -2.14. The van der Waals surface area contributed by atoms with Crippen LogP contribution in [0.25, 0.3) is 0 Å². The topological polar surface area (TPSA) is 42.1 Å². The third kappa shape index (κ3) is 2.51. The molecule has 0 amide bonds. The van der Waals surface area contributed by atoms with Gasteiger partial charge in [0.1, 0.15) is 5.82 Å². The van der Waals surface area contributed by atoms with E-state index in [-0.39, 0.29) is 6.04 Å². The van der Waals surface area contributed by atoms with E-state index < -0.39 is 0 Å². The first-order valence-electron chi connectivity index (χ1n) is 6.10. The number of aryl methyl sites for hydroxylation is 1. The van der Waals surface area contributed by atoms with E-state index in [2.05, 4.69) is 35.0 Å². The molecular formula is C15H19N3. The van der Waals surface area contributed by atoms with Crippen molar-refractivity contribution in [1.29, 1.82) is 0 Å². The Bertz CT molecular complexity index is 521. The first kappa shape index (κ1) is 12.6. The predicted molar refractivity (Wildman–Crippen MR) is 76.1 cm³/mol. The zero-order chi connectivity index (χ0) is 13.1. The number of benzene rings is 1. The van der Waals surface area contributed by atoms with Gasteiger partial charge in [-0.1, -0.05) is 18.2 Å². The molecule has 0 saturated heterocycles. The first-order valence-corrected chi connectivity index (χ1v) is 6.10. The maximum absolute atomic E-state index is 5.87. The molecule has 1 aromatic heterocycles. The summed E-state index contributed by atoms with van der Waals surface area (Å²) in [4.78, 5) is 6.61. The van der Waals surface area contributed by atoms with Crippen LogP contribution in [0, 0.1) is 6.92 Å². The molecule has 0 spiro atoms. The van der Waals surface area contributed by atoms with Crippen molar-refractivity contribution >= 4 is 11.5 Å². The molecule has 1 aromatic carbocycles. The molecule has 0 aliphatic heterocycles. The normalized spacial score (nSPS) is 12.2. The van der Waals surface area contributed by atoms with E-state index in [4.69, 9.17) is 5.73 Å². The summed E-state index contributed by atoms with van der Waals surface area (Å²) < 4.78 is 0. The Kier molecular flexibility index (Phi) is 3.63. The SMILES string of the molecule is Cc1cc([C@@H](C)N)cnc1N(C)c1ccccc1. The highest BCUT2D eigenvalue weighted by Crippen LogP contribution is 2.25. The number of hydrogen-bond acceptors (Lipinski definition) is 3. The lowest BCUT2D eigenvalue weighted by molar-refractivity contribution is 0.809. The molecule has 0 saturated carbocycles. The number of pyridine rings is 1. The number of hydrogen-bond donors (Lipinski definition) is 1. The molecule has 0 aliphatic carbocycles. The van der Waals surface area contributed by atoms with Gasteiger partial charge < -0.3 is 10.6 Å². The lowest BCUT2D eigenvalue weighted by atomic mass is 10.1. The Morgan fingerprint density at radius 1 is 1.22 bits per heavy atom. The van der Waals surface area contributed by atoms with Crippen molar-refractivity contribution in [2.24, 2.45) is 5.73 Å². The molecule has 0 unspecified atom stereocenters. The standard InChI is InChI=1S/C15H19N3/c1-11-9-13(12(2)16)10-17-15(11)18(3)14-7-5-4-6-8-14/h4-10,12H,16H2,1-3H3/t12-/m1/s1. The van der Waals surface area contributed by atoms with Crippen LogP contribution in [0.2, 0.25) is 0 Å². The van der Waals surface area contributed by atoms with Crippen LogP contribution in [0.1, 0.15) is 24.1 Å². The Balaban J connectivity index is 2.34. The molecule has 2 N–H and O–H groups in total. The third-order valence-corrected chi connectivity index (χ3v) is 3.06. The molecule has 0 bridgehead atoms. The maximum atomic E-state index is 5.87. The van der Waals surface area contributed by atoms with Crippen molar-refractivity contribution in [3.63, 3.8) is 0 Å². The molecule has 2 rings (SSSR count). The number of aromatic nitrogens is 1. The molecule has 2 aromatic rings. The van der Waals surface area contributed by atoms with E-state index in [1.165, 1.54) is 0 Å². The third-order valence-electron chi connectivity index (χ3n) is 3.06. The highest BCUT2D eigenvalue weighted by Gasteiger charge is 2.10. The Hall–Kier alpha value is -1.87. The Morgan fingerprint density at radius 2 is 1.89 bits per heavy atom. The summed E-state index contributed by atoms with van der Waals surface area (Å²) in [6, 6.07) is 12.3. The van der Waals surface area contributed by atoms with Gasteiger partial charge in [-0.2, -0.15) is 0 Å². The Labute approximate surface area is 108 Å². The van der Waals surface area contributed by atoms with Crippen LogP contribution in [0.5, 0.6) is 0 Å². The minimum absolute atomic E-state index is 0.0206. The minimum atomic E-state index is 0.0206. The summed E-state index contributed by atoms with van der Waals surface area (Å²) in [5, 5.41) is 0. The number of anilines is 2. The average molecular weight is 241 g/mol. The van der Waals surface area contributed by atoms with Crippen molar-refractivity contribution in [3.05, 3.63) is 53.7 Å². The summed E-state index contributed by atoms with van der Waals surface area (Å²) in [7, 11) is 2.02. The van der Waals surface area contributed by atoms with Crippen molar-refractivity contribution < 1.29 is 0 Å². The maximum Gasteiger partial charge on any atom is 0.135 e. The second-order valence-corrected chi connectivity index (χ2v) is 4.59. The van der Waals surface area contributed by atoms with E-state index in [1.807, 2.05) is 38.4 Å². The molecule has 3 heteroatoms. The number of nitrogens with zero attached hydrogens (tertiary/aromatic N) is 2. The van der Waals surface area contributed by atoms with Crippen LogP contribution in [-0.4, -0.2) is 12.0 Å². The van der Waals surface area contributed by atoms with Gasteiger partial charge in [-0.05, 0) is 43.2 Å².